The Morgan fingerprint density at radius 2 is 1.64 bits per heavy atom. The number of hydrogen-bond donors (Lipinski definition) is 1. The highest BCUT2D eigenvalue weighted by Gasteiger charge is 2.32. The molecule has 0 aromatic rings. The number of piperidine rings is 1. The number of carbonyl (C=O) groups excluding carboxylic acids is 2. The third-order valence-corrected chi connectivity index (χ3v) is 4.12. The summed E-state index contributed by atoms with van der Waals surface area (Å²) in [5, 5.41) is 3.21. The first-order valence-corrected chi connectivity index (χ1v) is 8.64. The molecule has 0 aliphatic carbocycles. The Morgan fingerprint density at radius 1 is 1.09 bits per heavy atom. The fourth-order valence-corrected chi connectivity index (χ4v) is 3.57. The Kier molecular flexibility index (Phi) is 6.45. The third-order valence-electron chi connectivity index (χ3n) is 4.12. The highest BCUT2D eigenvalue weighted by atomic mass is 16.2. The van der Waals surface area contributed by atoms with E-state index in [9.17, 15) is 9.59 Å². The normalized spacial score (nSPS) is 17.5. The molecule has 2 amide bonds. The van der Waals surface area contributed by atoms with E-state index >= 15 is 0 Å². The van der Waals surface area contributed by atoms with Gasteiger partial charge in [-0.2, -0.15) is 0 Å². The molecule has 0 aromatic heterocycles. The first-order chi connectivity index (χ1) is 10.0. The molecule has 1 N–H and O–H groups in total. The third kappa shape index (κ3) is 6.37. The molecule has 0 atom stereocenters. The fraction of sp³-hybridized carbons (Fsp3) is 0.889. The van der Waals surface area contributed by atoms with Crippen LogP contribution in [0.4, 0.5) is 0 Å². The number of carbonyl (C=O) groups is 2. The highest BCUT2D eigenvalue weighted by molar-refractivity contribution is 5.80. The smallest absolute Gasteiger partial charge is 0.223 e. The van der Waals surface area contributed by atoms with Crippen LogP contribution >= 0.6 is 0 Å². The average molecular weight is 310 g/mol. The van der Waals surface area contributed by atoms with Crippen molar-refractivity contribution in [1.82, 2.24) is 10.2 Å². The second kappa shape index (κ2) is 7.47. The van der Waals surface area contributed by atoms with E-state index in [-0.39, 0.29) is 28.7 Å². The molecule has 128 valence electrons. The molecule has 1 rings (SSSR count). The monoisotopic (exact) mass is 310 g/mol. The number of amides is 2. The van der Waals surface area contributed by atoms with Crippen molar-refractivity contribution in [3.05, 3.63) is 0 Å². The Balaban J connectivity index is 2.47. The van der Waals surface area contributed by atoms with Crippen molar-refractivity contribution in [2.75, 3.05) is 13.1 Å². The van der Waals surface area contributed by atoms with Gasteiger partial charge in [0.1, 0.15) is 0 Å². The second-order valence-corrected chi connectivity index (χ2v) is 8.52. The van der Waals surface area contributed by atoms with Gasteiger partial charge in [0.05, 0.1) is 0 Å². The largest absolute Gasteiger partial charge is 0.351 e. The predicted molar refractivity (Wildman–Crippen MR) is 90.5 cm³/mol. The van der Waals surface area contributed by atoms with E-state index < -0.39 is 0 Å². The van der Waals surface area contributed by atoms with Crippen LogP contribution in [0.1, 0.15) is 73.6 Å². The topological polar surface area (TPSA) is 49.4 Å². The molecular formula is C18H34N2O2. The van der Waals surface area contributed by atoms with Crippen LogP contribution in [0.15, 0.2) is 0 Å². The van der Waals surface area contributed by atoms with Crippen LogP contribution in [-0.2, 0) is 9.59 Å². The molecule has 4 nitrogen and oxygen atoms in total. The predicted octanol–water partition coefficient (Wildman–Crippen LogP) is 3.36. The maximum atomic E-state index is 12.5. The first-order valence-electron chi connectivity index (χ1n) is 8.64. The lowest BCUT2D eigenvalue weighted by Gasteiger charge is -2.36. The summed E-state index contributed by atoms with van der Waals surface area (Å²) in [5.41, 5.74) is -0.00276. The van der Waals surface area contributed by atoms with Crippen molar-refractivity contribution in [2.24, 2.45) is 11.3 Å². The molecule has 0 saturated carbocycles. The molecule has 1 aliphatic heterocycles. The summed E-state index contributed by atoms with van der Waals surface area (Å²) in [6.07, 6.45) is 4.02. The lowest BCUT2D eigenvalue weighted by Crippen LogP contribution is -2.50. The first kappa shape index (κ1) is 19.0. The van der Waals surface area contributed by atoms with Crippen molar-refractivity contribution in [3.8, 4) is 0 Å². The van der Waals surface area contributed by atoms with Crippen molar-refractivity contribution in [2.45, 2.75) is 79.2 Å². The molecule has 1 fully saturated rings. The number of likely N-dealkylation sites (tertiary alicyclic amines) is 1. The molecule has 0 aromatic carbocycles. The van der Waals surface area contributed by atoms with E-state index in [1.54, 1.807) is 0 Å². The van der Waals surface area contributed by atoms with Gasteiger partial charge >= 0.3 is 0 Å². The van der Waals surface area contributed by atoms with Gasteiger partial charge in [0, 0.05) is 31.0 Å². The van der Waals surface area contributed by atoms with Gasteiger partial charge in [0.2, 0.25) is 11.8 Å². The van der Waals surface area contributed by atoms with Gasteiger partial charge in [-0.25, -0.2) is 0 Å². The molecule has 1 saturated heterocycles. The van der Waals surface area contributed by atoms with Crippen molar-refractivity contribution in [1.29, 1.82) is 0 Å². The number of nitrogens with zero attached hydrogens (tertiary/aromatic N) is 1. The number of hydrogen-bond acceptors (Lipinski definition) is 2. The minimum Gasteiger partial charge on any atom is -0.351 e. The molecule has 22 heavy (non-hydrogen) atoms. The standard InChI is InChI=1S/C18H34N2O2/c1-7-8-15(21)20-11-9-14(10-12-20)16(22)19-18(5,6)13-17(2,3)4/h14H,7-13H2,1-6H3,(H,19,22). The van der Waals surface area contributed by atoms with Crippen LogP contribution < -0.4 is 5.32 Å². The zero-order chi connectivity index (χ0) is 17.0. The lowest BCUT2D eigenvalue weighted by atomic mass is 9.81. The summed E-state index contributed by atoms with van der Waals surface area (Å²) in [6, 6.07) is 0. The van der Waals surface area contributed by atoms with Crippen LogP contribution in [0.3, 0.4) is 0 Å². The highest BCUT2D eigenvalue weighted by Crippen LogP contribution is 2.28. The zero-order valence-corrected chi connectivity index (χ0v) is 15.3. The molecule has 1 heterocycles. The summed E-state index contributed by atoms with van der Waals surface area (Å²) in [4.78, 5) is 26.3. The van der Waals surface area contributed by atoms with Gasteiger partial charge in [-0.15, -0.1) is 0 Å². The summed E-state index contributed by atoms with van der Waals surface area (Å²) < 4.78 is 0. The summed E-state index contributed by atoms with van der Waals surface area (Å²) in [7, 11) is 0. The van der Waals surface area contributed by atoms with Gasteiger partial charge < -0.3 is 10.2 Å². The van der Waals surface area contributed by atoms with Crippen molar-refractivity contribution >= 4 is 11.8 Å². The Bertz CT molecular complexity index is 388. The van der Waals surface area contributed by atoms with E-state index in [0.717, 1.165) is 38.8 Å². The Morgan fingerprint density at radius 3 is 2.09 bits per heavy atom. The van der Waals surface area contributed by atoms with Gasteiger partial charge in [-0.1, -0.05) is 27.7 Å². The van der Waals surface area contributed by atoms with Gasteiger partial charge in [0.25, 0.3) is 0 Å². The molecule has 0 bridgehead atoms. The number of rotatable bonds is 5. The van der Waals surface area contributed by atoms with Gasteiger partial charge in [-0.05, 0) is 44.9 Å². The van der Waals surface area contributed by atoms with Gasteiger partial charge in [0.15, 0.2) is 0 Å². The molecule has 1 aliphatic rings. The molecule has 4 heteroatoms. The van der Waals surface area contributed by atoms with Crippen molar-refractivity contribution < 1.29 is 9.59 Å². The summed E-state index contributed by atoms with van der Waals surface area (Å²) in [5.74, 6) is 0.427. The van der Waals surface area contributed by atoms with E-state index in [0.29, 0.717) is 6.42 Å². The summed E-state index contributed by atoms with van der Waals surface area (Å²) in [6.45, 7) is 14.2. The van der Waals surface area contributed by atoms with Crippen LogP contribution in [0.2, 0.25) is 0 Å². The maximum Gasteiger partial charge on any atom is 0.223 e. The molecular weight excluding hydrogens is 276 g/mol. The molecule has 0 unspecified atom stereocenters. The van der Waals surface area contributed by atoms with E-state index in [4.69, 9.17) is 0 Å². The van der Waals surface area contributed by atoms with E-state index in [2.05, 4.69) is 39.9 Å². The minimum atomic E-state index is -0.190. The Labute approximate surface area is 136 Å². The van der Waals surface area contributed by atoms with Crippen LogP contribution in [0.5, 0.6) is 0 Å². The molecule has 0 spiro atoms. The van der Waals surface area contributed by atoms with Gasteiger partial charge in [-0.3, -0.25) is 9.59 Å². The molecule has 0 radical (unpaired) electrons. The maximum absolute atomic E-state index is 12.5. The lowest BCUT2D eigenvalue weighted by molar-refractivity contribution is -0.136. The Hall–Kier alpha value is -1.06. The second-order valence-electron chi connectivity index (χ2n) is 8.52. The quantitative estimate of drug-likeness (QED) is 0.846. The minimum absolute atomic E-state index is 0.0462. The van der Waals surface area contributed by atoms with Crippen LogP contribution in [0, 0.1) is 11.3 Å². The van der Waals surface area contributed by atoms with Crippen molar-refractivity contribution in [3.63, 3.8) is 0 Å². The summed E-state index contributed by atoms with van der Waals surface area (Å²) >= 11 is 0. The van der Waals surface area contributed by atoms with Crippen LogP contribution in [-0.4, -0.2) is 35.3 Å². The SMILES string of the molecule is CCCC(=O)N1CCC(C(=O)NC(C)(C)CC(C)(C)C)CC1. The van der Waals surface area contributed by atoms with E-state index in [1.807, 2.05) is 11.8 Å². The van der Waals surface area contributed by atoms with E-state index in [1.165, 1.54) is 0 Å². The average Bonchev–Trinajstić information content (AvgIpc) is 2.35. The number of nitrogens with one attached hydrogen (secondary N) is 1. The van der Waals surface area contributed by atoms with Crippen LogP contribution in [0.25, 0.3) is 0 Å². The zero-order valence-electron chi connectivity index (χ0n) is 15.3. The fourth-order valence-electron chi connectivity index (χ4n) is 3.57.